The van der Waals surface area contributed by atoms with Gasteiger partial charge in [-0.3, -0.25) is 4.79 Å². The molecule has 2 atom stereocenters. The number of Topliss-reactive ketones (excluding diaryl/α,β-unsaturated/α-hetero) is 1. The maximum absolute atomic E-state index is 13.2. The topological polar surface area (TPSA) is 17.1 Å². The maximum atomic E-state index is 13.2. The summed E-state index contributed by atoms with van der Waals surface area (Å²) in [7, 11) is -0.200. The molecule has 126 valence electrons. The van der Waals surface area contributed by atoms with Crippen molar-refractivity contribution in [3.05, 3.63) is 82.5 Å². The molecule has 4 rings (SSSR count). The molecule has 0 bridgehead atoms. The number of ketones is 1. The summed E-state index contributed by atoms with van der Waals surface area (Å²) >= 11 is 0. The van der Waals surface area contributed by atoms with Crippen molar-refractivity contribution in [2.45, 2.75) is 37.5 Å². The van der Waals surface area contributed by atoms with Gasteiger partial charge in [-0.2, -0.15) is 0 Å². The van der Waals surface area contributed by atoms with Crippen LogP contribution in [0.25, 0.3) is 0 Å². The van der Waals surface area contributed by atoms with Gasteiger partial charge in [0.25, 0.3) is 0 Å². The molecule has 0 aromatic heterocycles. The van der Waals surface area contributed by atoms with E-state index in [-0.39, 0.29) is 22.2 Å². The second-order valence-electron chi connectivity index (χ2n) is 7.12. The Morgan fingerprint density at radius 1 is 0.840 bits per heavy atom. The summed E-state index contributed by atoms with van der Waals surface area (Å²) in [5.41, 5.74) is 5.76. The highest BCUT2D eigenvalue weighted by atomic mass is 32.2. The number of fused-ring (bicyclic) bond motifs is 2. The molecular formula is C23H22OS. The number of carbonyl (C=O) groups is 1. The van der Waals surface area contributed by atoms with Crippen LogP contribution in [-0.4, -0.2) is 10.6 Å². The summed E-state index contributed by atoms with van der Waals surface area (Å²) in [5, 5.41) is 0. The molecule has 1 aliphatic heterocycles. The highest BCUT2D eigenvalue weighted by molar-refractivity contribution is 8.16. The number of aryl methyl sites for hydroxylation is 3. The van der Waals surface area contributed by atoms with Crippen LogP contribution in [0, 0.1) is 26.7 Å². The number of benzene rings is 2. The van der Waals surface area contributed by atoms with Gasteiger partial charge in [-0.15, -0.1) is 10.5 Å². The number of allylic oxidation sites excluding steroid dienone is 4. The fraction of sp³-hybridized carbons (Fsp3) is 0.217. The van der Waals surface area contributed by atoms with Crippen molar-refractivity contribution in [3.63, 3.8) is 0 Å². The van der Waals surface area contributed by atoms with Crippen LogP contribution in [0.1, 0.15) is 34.0 Å². The highest BCUT2D eigenvalue weighted by Crippen LogP contribution is 2.47. The normalized spacial score (nSPS) is 21.7. The van der Waals surface area contributed by atoms with Crippen LogP contribution in [-0.2, 0) is 0 Å². The molecule has 0 saturated carbocycles. The van der Waals surface area contributed by atoms with Gasteiger partial charge >= 0.3 is 0 Å². The van der Waals surface area contributed by atoms with E-state index in [0.717, 1.165) is 11.1 Å². The minimum Gasteiger partial charge on any atom is -0.293 e. The first-order valence-electron chi connectivity index (χ1n) is 8.65. The van der Waals surface area contributed by atoms with Gasteiger partial charge < -0.3 is 0 Å². The molecule has 2 aromatic rings. The molecule has 2 heteroatoms. The molecule has 2 aromatic carbocycles. The lowest BCUT2D eigenvalue weighted by Gasteiger charge is -2.30. The fourth-order valence-electron chi connectivity index (χ4n) is 3.74. The van der Waals surface area contributed by atoms with Crippen LogP contribution < -0.4 is 0 Å². The molecule has 1 nitrogen and oxygen atoms in total. The first-order chi connectivity index (χ1) is 11.9. The predicted octanol–water partition coefficient (Wildman–Crippen LogP) is 5.80. The van der Waals surface area contributed by atoms with Crippen molar-refractivity contribution in [1.82, 2.24) is 0 Å². The van der Waals surface area contributed by atoms with E-state index in [1.807, 2.05) is 0 Å². The van der Waals surface area contributed by atoms with E-state index in [9.17, 15) is 4.79 Å². The number of rotatable bonds is 1. The van der Waals surface area contributed by atoms with Crippen molar-refractivity contribution < 1.29 is 4.79 Å². The Labute approximate surface area is 152 Å². The molecule has 1 aliphatic carbocycles. The minimum absolute atomic E-state index is 0.122. The van der Waals surface area contributed by atoms with Crippen LogP contribution in [0.2, 0.25) is 0 Å². The van der Waals surface area contributed by atoms with E-state index >= 15 is 0 Å². The van der Waals surface area contributed by atoms with Gasteiger partial charge in [0, 0.05) is 15.4 Å². The van der Waals surface area contributed by atoms with Gasteiger partial charge in [0.15, 0.2) is 5.78 Å². The van der Waals surface area contributed by atoms with Crippen LogP contribution in [0.5, 0.6) is 0 Å². The molecule has 0 radical (unpaired) electrons. The largest absolute Gasteiger partial charge is 0.293 e. The molecule has 1 heterocycles. The summed E-state index contributed by atoms with van der Waals surface area (Å²) in [6.07, 6.45) is 6.45. The molecule has 0 saturated heterocycles. The average molecular weight is 346 g/mol. The Hall–Kier alpha value is -2.19. The molecule has 0 N–H and O–H groups in total. The Morgan fingerprint density at radius 2 is 1.56 bits per heavy atom. The number of hydrogen-bond donors (Lipinski definition) is 0. The Morgan fingerprint density at radius 3 is 2.28 bits per heavy atom. The van der Waals surface area contributed by atoms with E-state index in [1.165, 1.54) is 31.4 Å². The predicted molar refractivity (Wildman–Crippen MR) is 107 cm³/mol. The van der Waals surface area contributed by atoms with Crippen molar-refractivity contribution in [3.8, 4) is 0 Å². The fourth-order valence-corrected chi connectivity index (χ4v) is 6.34. The van der Waals surface area contributed by atoms with Gasteiger partial charge in [-0.1, -0.05) is 41.5 Å². The minimum atomic E-state index is -0.200. The van der Waals surface area contributed by atoms with Gasteiger partial charge in [0.05, 0.1) is 5.92 Å². The van der Waals surface area contributed by atoms with E-state index in [4.69, 9.17) is 0 Å². The van der Waals surface area contributed by atoms with E-state index in [0.29, 0.717) is 0 Å². The molecule has 2 aliphatic rings. The van der Waals surface area contributed by atoms with Crippen LogP contribution in [0.15, 0.2) is 70.0 Å². The quantitative estimate of drug-likeness (QED) is 0.596. The standard InChI is InChI=1S/C23H22OS/c1-14-5-7-21-19(12-14)23(24)20-13-15(2)6-8-22(20)25(21)18-10-16(3)9-17(4)11-18/h5-13,19H,1-4H3. The van der Waals surface area contributed by atoms with Crippen molar-refractivity contribution in [2.24, 2.45) is 5.92 Å². The van der Waals surface area contributed by atoms with E-state index in [1.54, 1.807) is 0 Å². The zero-order chi connectivity index (χ0) is 17.7. The zero-order valence-corrected chi connectivity index (χ0v) is 15.9. The van der Waals surface area contributed by atoms with Crippen LogP contribution >= 0.6 is 10.5 Å². The third-order valence-corrected chi connectivity index (χ3v) is 7.18. The lowest BCUT2D eigenvalue weighted by molar-refractivity contribution is 0.0969. The molecule has 2 unspecified atom stereocenters. The van der Waals surface area contributed by atoms with Crippen molar-refractivity contribution in [1.29, 1.82) is 0 Å². The first kappa shape index (κ1) is 16.3. The molecular weight excluding hydrogens is 324 g/mol. The first-order valence-corrected chi connectivity index (χ1v) is 9.87. The summed E-state index contributed by atoms with van der Waals surface area (Å²) < 4.78 is 0. The van der Waals surface area contributed by atoms with Gasteiger partial charge in [-0.05, 0) is 68.0 Å². The third-order valence-electron chi connectivity index (χ3n) is 4.82. The van der Waals surface area contributed by atoms with Crippen LogP contribution in [0.3, 0.4) is 0 Å². The van der Waals surface area contributed by atoms with Crippen LogP contribution in [0.4, 0.5) is 0 Å². The second-order valence-corrected chi connectivity index (χ2v) is 9.11. The Balaban J connectivity index is 2.06. The molecule has 0 spiro atoms. The second kappa shape index (κ2) is 5.96. The lowest BCUT2D eigenvalue weighted by Crippen LogP contribution is -2.27. The Bertz CT molecular complexity index is 984. The summed E-state index contributed by atoms with van der Waals surface area (Å²) in [6.45, 7) is 8.42. The zero-order valence-electron chi connectivity index (χ0n) is 15.1. The monoisotopic (exact) mass is 346 g/mol. The van der Waals surface area contributed by atoms with Crippen molar-refractivity contribution >= 4 is 21.1 Å². The average Bonchev–Trinajstić information content (AvgIpc) is 2.55. The summed E-state index contributed by atoms with van der Waals surface area (Å²) in [4.78, 5) is 16.9. The van der Waals surface area contributed by atoms with Crippen molar-refractivity contribution in [2.75, 3.05) is 0 Å². The highest BCUT2D eigenvalue weighted by Gasteiger charge is 2.33. The van der Waals surface area contributed by atoms with Gasteiger partial charge in [0.1, 0.15) is 0 Å². The Kier molecular flexibility index (Phi) is 3.88. The SMILES string of the molecule is CC1=CC2C(=O)c3cc(C)ccc3S(c3cc(C)cc(C)c3)=C2C=C1. The summed E-state index contributed by atoms with van der Waals surface area (Å²) in [6, 6.07) is 13.1. The lowest BCUT2D eigenvalue weighted by atomic mass is 9.88. The van der Waals surface area contributed by atoms with E-state index < -0.39 is 0 Å². The maximum Gasteiger partial charge on any atom is 0.175 e. The third kappa shape index (κ3) is 2.75. The number of carbonyl (C=O) groups excluding carboxylic acids is 1. The van der Waals surface area contributed by atoms with E-state index in [2.05, 4.69) is 82.3 Å². The van der Waals surface area contributed by atoms with Gasteiger partial charge in [-0.25, -0.2) is 0 Å². The molecule has 0 fully saturated rings. The van der Waals surface area contributed by atoms with Gasteiger partial charge in [0.2, 0.25) is 0 Å². The summed E-state index contributed by atoms with van der Waals surface area (Å²) in [5.74, 6) is 0.119. The number of hydrogen-bond acceptors (Lipinski definition) is 1. The smallest absolute Gasteiger partial charge is 0.175 e. The molecule has 25 heavy (non-hydrogen) atoms. The molecule has 0 amide bonds.